The average Bonchev–Trinajstić information content (AvgIpc) is 3.42. The van der Waals surface area contributed by atoms with Gasteiger partial charge < -0.3 is 30.7 Å². The second-order valence-electron chi connectivity index (χ2n) is 8.71. The Hall–Kier alpha value is -3.50. The predicted molar refractivity (Wildman–Crippen MR) is 140 cm³/mol. The van der Waals surface area contributed by atoms with Crippen LogP contribution in [0.15, 0.2) is 48.8 Å². The monoisotopic (exact) mass is 555 g/mol. The molecule has 2 aromatic heterocycles. The number of halogens is 2. The first-order valence-corrected chi connectivity index (χ1v) is 12.4. The number of hydrogen-bond donors (Lipinski definition) is 4. The average molecular weight is 556 g/mol. The topological polar surface area (TPSA) is 164 Å². The molecular formula is C25H23Cl2N7O4. The standard InChI is InChI=1S/C25H23Cl2N7O4/c26-16-6-5-15(7-17(16)27)9-30-25-33-19-22(29)31-12-32-23(19)34(25)24-21(36)20(35)18(38-24)11-37-10-14-3-1-13(8-28)2-4-14/h1-7,12,18,20-21,24,35-36H,9-11H2,(H,30,33)(H2,29,31,32)/t18-,20+,21+,24-/m1/s1. The number of aliphatic hydroxyl groups excluding tert-OH is 2. The van der Waals surface area contributed by atoms with Crippen molar-refractivity contribution in [3.63, 3.8) is 0 Å². The van der Waals surface area contributed by atoms with Crippen LogP contribution in [0.5, 0.6) is 0 Å². The third-order valence-electron chi connectivity index (χ3n) is 6.17. The van der Waals surface area contributed by atoms with Gasteiger partial charge in [0.05, 0.1) is 34.9 Å². The molecule has 5 N–H and O–H groups in total. The van der Waals surface area contributed by atoms with Crippen molar-refractivity contribution in [2.75, 3.05) is 17.7 Å². The highest BCUT2D eigenvalue weighted by atomic mass is 35.5. The van der Waals surface area contributed by atoms with Gasteiger partial charge in [0.2, 0.25) is 5.95 Å². The van der Waals surface area contributed by atoms with Gasteiger partial charge in [0, 0.05) is 6.54 Å². The molecule has 11 nitrogen and oxygen atoms in total. The largest absolute Gasteiger partial charge is 0.387 e. The van der Waals surface area contributed by atoms with Crippen molar-refractivity contribution in [3.8, 4) is 6.07 Å². The molecule has 3 heterocycles. The number of benzene rings is 2. The number of fused-ring (bicyclic) bond motifs is 1. The molecule has 1 fully saturated rings. The number of aromatic nitrogens is 4. The molecule has 4 aromatic rings. The van der Waals surface area contributed by atoms with Gasteiger partial charge in [-0.05, 0) is 35.4 Å². The second kappa shape index (κ2) is 11.1. The van der Waals surface area contributed by atoms with Crippen molar-refractivity contribution in [2.24, 2.45) is 0 Å². The Balaban J connectivity index is 1.35. The number of imidazole rings is 1. The molecule has 1 saturated heterocycles. The van der Waals surface area contributed by atoms with E-state index in [0.29, 0.717) is 39.3 Å². The van der Waals surface area contributed by atoms with Crippen LogP contribution in [-0.2, 0) is 22.6 Å². The number of anilines is 2. The molecule has 0 radical (unpaired) electrons. The number of nitrogens with zero attached hydrogens (tertiary/aromatic N) is 5. The van der Waals surface area contributed by atoms with E-state index in [2.05, 4.69) is 26.3 Å². The van der Waals surface area contributed by atoms with E-state index in [0.717, 1.165) is 11.1 Å². The van der Waals surface area contributed by atoms with Crippen molar-refractivity contribution in [1.82, 2.24) is 19.5 Å². The minimum Gasteiger partial charge on any atom is -0.387 e. The highest BCUT2D eigenvalue weighted by Crippen LogP contribution is 2.35. The maximum absolute atomic E-state index is 10.9. The molecule has 5 rings (SSSR count). The van der Waals surface area contributed by atoms with Crippen LogP contribution in [0, 0.1) is 11.3 Å². The summed E-state index contributed by atoms with van der Waals surface area (Å²) in [7, 11) is 0. The van der Waals surface area contributed by atoms with E-state index in [1.165, 1.54) is 6.33 Å². The summed E-state index contributed by atoms with van der Waals surface area (Å²) in [5.41, 5.74) is 8.91. The summed E-state index contributed by atoms with van der Waals surface area (Å²) in [5.74, 6) is 0.454. The summed E-state index contributed by atoms with van der Waals surface area (Å²) in [6.45, 7) is 0.577. The minimum atomic E-state index is -1.31. The molecule has 0 spiro atoms. The zero-order valence-electron chi connectivity index (χ0n) is 19.8. The molecule has 13 heteroatoms. The number of ether oxygens (including phenoxy) is 2. The Morgan fingerprint density at radius 1 is 1.08 bits per heavy atom. The Morgan fingerprint density at radius 3 is 2.58 bits per heavy atom. The lowest BCUT2D eigenvalue weighted by molar-refractivity contribution is -0.0675. The second-order valence-corrected chi connectivity index (χ2v) is 9.52. The summed E-state index contributed by atoms with van der Waals surface area (Å²) < 4.78 is 13.3. The van der Waals surface area contributed by atoms with Crippen LogP contribution in [0.2, 0.25) is 10.0 Å². The fourth-order valence-electron chi connectivity index (χ4n) is 4.17. The summed E-state index contributed by atoms with van der Waals surface area (Å²) >= 11 is 12.2. The fraction of sp³-hybridized carbons (Fsp3) is 0.280. The van der Waals surface area contributed by atoms with Gasteiger partial charge in [-0.15, -0.1) is 0 Å². The van der Waals surface area contributed by atoms with Crippen molar-refractivity contribution in [1.29, 1.82) is 5.26 Å². The van der Waals surface area contributed by atoms with Gasteiger partial charge in [-0.2, -0.15) is 5.26 Å². The molecular weight excluding hydrogens is 533 g/mol. The number of nitrogen functional groups attached to an aromatic ring is 1. The van der Waals surface area contributed by atoms with Gasteiger partial charge in [-0.3, -0.25) is 4.57 Å². The van der Waals surface area contributed by atoms with Crippen LogP contribution in [0.3, 0.4) is 0 Å². The van der Waals surface area contributed by atoms with Crippen molar-refractivity contribution >= 4 is 46.1 Å². The summed E-state index contributed by atoms with van der Waals surface area (Å²) in [5, 5.41) is 34.7. The zero-order valence-corrected chi connectivity index (χ0v) is 21.3. The van der Waals surface area contributed by atoms with Crippen LogP contribution in [0.1, 0.15) is 22.9 Å². The maximum Gasteiger partial charge on any atom is 0.207 e. The molecule has 0 unspecified atom stereocenters. The molecule has 0 bridgehead atoms. The number of aliphatic hydroxyl groups is 2. The predicted octanol–water partition coefficient (Wildman–Crippen LogP) is 3.04. The third-order valence-corrected chi connectivity index (χ3v) is 6.90. The smallest absolute Gasteiger partial charge is 0.207 e. The lowest BCUT2D eigenvalue weighted by Gasteiger charge is -2.20. The van der Waals surface area contributed by atoms with E-state index in [1.54, 1.807) is 41.0 Å². The first-order chi connectivity index (χ1) is 18.4. The maximum atomic E-state index is 10.9. The summed E-state index contributed by atoms with van der Waals surface area (Å²) in [6, 6.07) is 14.3. The molecule has 0 aliphatic carbocycles. The first kappa shape index (κ1) is 26.1. The molecule has 1 aliphatic rings. The van der Waals surface area contributed by atoms with E-state index >= 15 is 0 Å². The SMILES string of the molecule is N#Cc1ccc(COC[C@H]2O[C@@H](n3c(NCc4ccc(Cl)c(Cl)c4)nc4c(N)ncnc43)[C@@H](O)[C@H]2O)cc1. The van der Waals surface area contributed by atoms with Gasteiger partial charge in [0.15, 0.2) is 23.2 Å². The van der Waals surface area contributed by atoms with Gasteiger partial charge in [-0.25, -0.2) is 15.0 Å². The number of hydrogen-bond acceptors (Lipinski definition) is 10. The first-order valence-electron chi connectivity index (χ1n) is 11.6. The number of nitrogens with one attached hydrogen (secondary N) is 1. The molecule has 0 amide bonds. The quantitative estimate of drug-likeness (QED) is 0.254. The highest BCUT2D eigenvalue weighted by Gasteiger charge is 2.45. The fourth-order valence-corrected chi connectivity index (χ4v) is 4.49. The molecule has 0 saturated carbocycles. The minimum absolute atomic E-state index is 0.0184. The molecule has 2 aromatic carbocycles. The van der Waals surface area contributed by atoms with Crippen LogP contribution in [-0.4, -0.2) is 54.7 Å². The summed E-state index contributed by atoms with van der Waals surface area (Å²) in [4.78, 5) is 12.8. The molecule has 1 aliphatic heterocycles. The van der Waals surface area contributed by atoms with Gasteiger partial charge in [0.1, 0.15) is 24.6 Å². The summed E-state index contributed by atoms with van der Waals surface area (Å²) in [6.07, 6.45) is -3.12. The molecule has 196 valence electrons. The lowest BCUT2D eigenvalue weighted by Crippen LogP contribution is -2.34. The highest BCUT2D eigenvalue weighted by molar-refractivity contribution is 6.42. The van der Waals surface area contributed by atoms with Gasteiger partial charge in [0.25, 0.3) is 0 Å². The van der Waals surface area contributed by atoms with E-state index in [9.17, 15) is 10.2 Å². The number of nitrogens with two attached hydrogens (primary N) is 1. The van der Waals surface area contributed by atoms with Crippen LogP contribution in [0.25, 0.3) is 11.2 Å². The Morgan fingerprint density at radius 2 is 1.84 bits per heavy atom. The van der Waals surface area contributed by atoms with Crippen LogP contribution >= 0.6 is 23.2 Å². The number of rotatable bonds is 8. The van der Waals surface area contributed by atoms with E-state index < -0.39 is 24.5 Å². The Kier molecular flexibility index (Phi) is 7.62. The van der Waals surface area contributed by atoms with Crippen LogP contribution < -0.4 is 11.1 Å². The van der Waals surface area contributed by atoms with Crippen molar-refractivity contribution in [2.45, 2.75) is 37.7 Å². The third kappa shape index (κ3) is 5.23. The Bertz CT molecular complexity index is 1490. The van der Waals surface area contributed by atoms with E-state index in [1.807, 2.05) is 6.07 Å². The van der Waals surface area contributed by atoms with Crippen LogP contribution in [0.4, 0.5) is 11.8 Å². The van der Waals surface area contributed by atoms with E-state index in [4.69, 9.17) is 43.7 Å². The van der Waals surface area contributed by atoms with Gasteiger partial charge >= 0.3 is 0 Å². The van der Waals surface area contributed by atoms with E-state index in [-0.39, 0.29) is 19.0 Å². The lowest BCUT2D eigenvalue weighted by atomic mass is 10.1. The van der Waals surface area contributed by atoms with Crippen molar-refractivity contribution < 1.29 is 19.7 Å². The zero-order chi connectivity index (χ0) is 26.8. The normalized spacial score (nSPS) is 21.0. The van der Waals surface area contributed by atoms with Crippen molar-refractivity contribution in [3.05, 3.63) is 75.5 Å². The molecule has 4 atom stereocenters. The molecule has 38 heavy (non-hydrogen) atoms. The van der Waals surface area contributed by atoms with Gasteiger partial charge in [-0.1, -0.05) is 41.4 Å². The number of nitriles is 1. The Labute approximate surface area is 227 Å².